The van der Waals surface area contributed by atoms with E-state index in [1.807, 2.05) is 0 Å². The lowest BCUT2D eigenvalue weighted by molar-refractivity contribution is 0.685. The lowest BCUT2D eigenvalue weighted by atomic mass is 10.5. The van der Waals surface area contributed by atoms with E-state index >= 15 is 0 Å². The molecule has 1 atom stereocenters. The molecule has 74 valence electrons. The average molecular weight is 237 g/mol. The van der Waals surface area contributed by atoms with E-state index in [4.69, 9.17) is 12.2 Å². The van der Waals surface area contributed by atoms with Crippen LogP contribution in [0.25, 0.3) is 0 Å². The van der Waals surface area contributed by atoms with Crippen molar-refractivity contribution in [2.75, 3.05) is 23.9 Å². The molecule has 0 radical (unpaired) electrons. The second-order valence-electron chi connectivity index (χ2n) is 2.48. The van der Waals surface area contributed by atoms with Gasteiger partial charge in [0.15, 0.2) is 3.95 Å². The average Bonchev–Trinajstić information content (AvgIpc) is 2.45. The van der Waals surface area contributed by atoms with E-state index < -0.39 is 10.8 Å². The van der Waals surface area contributed by atoms with Crippen molar-refractivity contribution in [2.24, 2.45) is 0 Å². The van der Waals surface area contributed by atoms with E-state index in [-0.39, 0.29) is 0 Å². The van der Waals surface area contributed by atoms with Gasteiger partial charge in [-0.2, -0.15) is 0 Å². The Balaban J connectivity index is 2.20. The van der Waals surface area contributed by atoms with Gasteiger partial charge in [0.25, 0.3) is 0 Å². The highest BCUT2D eigenvalue weighted by Crippen LogP contribution is 2.10. The Morgan fingerprint density at radius 3 is 3.08 bits per heavy atom. The Morgan fingerprint density at radius 2 is 2.54 bits per heavy atom. The Labute approximate surface area is 88.2 Å². The van der Waals surface area contributed by atoms with Crippen LogP contribution in [0.15, 0.2) is 0 Å². The number of H-pyrrole nitrogens is 1. The van der Waals surface area contributed by atoms with Gasteiger partial charge in [-0.1, -0.05) is 11.3 Å². The van der Waals surface area contributed by atoms with Gasteiger partial charge in [0.2, 0.25) is 5.13 Å². The van der Waals surface area contributed by atoms with E-state index in [2.05, 4.69) is 15.5 Å². The first kappa shape index (κ1) is 10.8. The highest BCUT2D eigenvalue weighted by molar-refractivity contribution is 7.84. The summed E-state index contributed by atoms with van der Waals surface area (Å²) in [5.74, 6) is 0.725. The van der Waals surface area contributed by atoms with Crippen LogP contribution < -0.4 is 5.32 Å². The summed E-state index contributed by atoms with van der Waals surface area (Å²) in [6.07, 6.45) is 2.59. The van der Waals surface area contributed by atoms with Gasteiger partial charge >= 0.3 is 0 Å². The molecule has 1 rings (SSSR count). The Bertz CT molecular complexity index is 332. The molecule has 1 aromatic heterocycles. The van der Waals surface area contributed by atoms with E-state index in [1.54, 1.807) is 6.26 Å². The second kappa shape index (κ2) is 5.46. The first-order chi connectivity index (χ1) is 6.18. The highest BCUT2D eigenvalue weighted by atomic mass is 32.2. The Morgan fingerprint density at radius 1 is 1.77 bits per heavy atom. The molecule has 0 aliphatic rings. The van der Waals surface area contributed by atoms with Crippen LogP contribution >= 0.6 is 23.6 Å². The van der Waals surface area contributed by atoms with E-state index in [9.17, 15) is 4.21 Å². The van der Waals surface area contributed by atoms with Crippen molar-refractivity contribution in [3.05, 3.63) is 3.95 Å². The summed E-state index contributed by atoms with van der Waals surface area (Å²) in [6.45, 7) is 0.787. The van der Waals surface area contributed by atoms with Crippen LogP contribution in [0, 0.1) is 3.95 Å². The summed E-state index contributed by atoms with van der Waals surface area (Å²) in [7, 11) is -0.704. The standard InChI is InChI=1S/C6H11N3OS3/c1-13(10)4-2-3-7-5-8-9-6(11)12-5/h2-4H2,1H3,(H,7,8)(H,9,11). The summed E-state index contributed by atoms with van der Waals surface area (Å²) >= 11 is 6.27. The predicted molar refractivity (Wildman–Crippen MR) is 59.3 cm³/mol. The fourth-order valence-electron chi connectivity index (χ4n) is 0.776. The van der Waals surface area contributed by atoms with E-state index in [0.717, 1.165) is 23.8 Å². The molecule has 1 unspecified atom stereocenters. The molecule has 0 aliphatic heterocycles. The topological polar surface area (TPSA) is 57.8 Å². The van der Waals surface area contributed by atoms with Gasteiger partial charge < -0.3 is 5.32 Å². The maximum atomic E-state index is 10.7. The van der Waals surface area contributed by atoms with Gasteiger partial charge in [0.05, 0.1) is 0 Å². The van der Waals surface area contributed by atoms with Crippen LogP contribution in [0.5, 0.6) is 0 Å². The van der Waals surface area contributed by atoms with Crippen LogP contribution in [0.3, 0.4) is 0 Å². The molecular weight excluding hydrogens is 226 g/mol. The number of anilines is 1. The molecule has 0 bridgehead atoms. The molecule has 0 spiro atoms. The zero-order valence-corrected chi connectivity index (χ0v) is 9.65. The predicted octanol–water partition coefficient (Wildman–Crippen LogP) is 1.38. The van der Waals surface area contributed by atoms with Gasteiger partial charge in [-0.3, -0.25) is 9.31 Å². The monoisotopic (exact) mass is 237 g/mol. The van der Waals surface area contributed by atoms with Crippen LogP contribution in [-0.4, -0.2) is 33.0 Å². The quantitative estimate of drug-likeness (QED) is 0.600. The molecule has 0 amide bonds. The maximum Gasteiger partial charge on any atom is 0.204 e. The van der Waals surface area contributed by atoms with Crippen molar-refractivity contribution >= 4 is 39.5 Å². The van der Waals surface area contributed by atoms with Crippen molar-refractivity contribution < 1.29 is 4.21 Å². The normalized spacial score (nSPS) is 12.7. The Kier molecular flexibility index (Phi) is 4.54. The minimum atomic E-state index is -0.704. The van der Waals surface area contributed by atoms with Crippen LogP contribution in [-0.2, 0) is 10.8 Å². The van der Waals surface area contributed by atoms with Crippen molar-refractivity contribution in [1.82, 2.24) is 10.2 Å². The van der Waals surface area contributed by atoms with Crippen LogP contribution in [0.1, 0.15) is 6.42 Å². The molecular formula is C6H11N3OS3. The smallest absolute Gasteiger partial charge is 0.204 e. The van der Waals surface area contributed by atoms with Gasteiger partial charge in [-0.25, -0.2) is 0 Å². The van der Waals surface area contributed by atoms with Gasteiger partial charge in [-0.15, -0.1) is 5.10 Å². The van der Waals surface area contributed by atoms with Crippen LogP contribution in [0.2, 0.25) is 0 Å². The van der Waals surface area contributed by atoms with Crippen molar-refractivity contribution in [1.29, 1.82) is 0 Å². The molecule has 7 heteroatoms. The molecule has 0 saturated heterocycles. The molecule has 0 fully saturated rings. The number of aromatic nitrogens is 2. The third-order valence-electron chi connectivity index (χ3n) is 1.32. The third-order valence-corrected chi connectivity index (χ3v) is 3.23. The number of nitrogens with zero attached hydrogens (tertiary/aromatic N) is 1. The summed E-state index contributed by atoms with van der Waals surface area (Å²) in [5.41, 5.74) is 0. The number of rotatable bonds is 5. The fourth-order valence-corrected chi connectivity index (χ4v) is 2.14. The Hall–Kier alpha value is -0.270. The molecule has 2 N–H and O–H groups in total. The highest BCUT2D eigenvalue weighted by Gasteiger charge is 1.96. The molecule has 0 aromatic carbocycles. The summed E-state index contributed by atoms with van der Waals surface area (Å²) in [5, 5.41) is 10.5. The van der Waals surface area contributed by atoms with E-state index in [0.29, 0.717) is 3.95 Å². The zero-order chi connectivity index (χ0) is 9.68. The zero-order valence-electron chi connectivity index (χ0n) is 7.20. The van der Waals surface area contributed by atoms with Crippen molar-refractivity contribution in [3.8, 4) is 0 Å². The van der Waals surface area contributed by atoms with Crippen molar-refractivity contribution in [2.45, 2.75) is 6.42 Å². The molecule has 1 aromatic rings. The SMILES string of the molecule is CS(=O)CCCNc1n[nH]c(=S)s1. The lowest BCUT2D eigenvalue weighted by Crippen LogP contribution is -2.05. The third kappa shape index (κ3) is 4.49. The summed E-state index contributed by atoms with van der Waals surface area (Å²) in [6, 6.07) is 0. The van der Waals surface area contributed by atoms with Crippen molar-refractivity contribution in [3.63, 3.8) is 0 Å². The largest absolute Gasteiger partial charge is 0.360 e. The first-order valence-electron chi connectivity index (χ1n) is 3.78. The number of nitrogens with one attached hydrogen (secondary N) is 2. The summed E-state index contributed by atoms with van der Waals surface area (Å²) in [4.78, 5) is 0. The first-order valence-corrected chi connectivity index (χ1v) is 6.73. The summed E-state index contributed by atoms with van der Waals surface area (Å²) < 4.78 is 11.4. The molecule has 0 aliphatic carbocycles. The van der Waals surface area contributed by atoms with Crippen LogP contribution in [0.4, 0.5) is 5.13 Å². The number of hydrogen-bond donors (Lipinski definition) is 2. The van der Waals surface area contributed by atoms with Gasteiger partial charge in [-0.05, 0) is 18.6 Å². The minimum Gasteiger partial charge on any atom is -0.360 e. The maximum absolute atomic E-state index is 10.7. The molecule has 0 saturated carbocycles. The molecule has 1 heterocycles. The fraction of sp³-hybridized carbons (Fsp3) is 0.667. The molecule has 13 heavy (non-hydrogen) atoms. The molecule has 4 nitrogen and oxygen atoms in total. The second-order valence-corrected chi connectivity index (χ2v) is 5.70. The van der Waals surface area contributed by atoms with Gasteiger partial charge in [0.1, 0.15) is 0 Å². The number of hydrogen-bond acceptors (Lipinski definition) is 5. The lowest BCUT2D eigenvalue weighted by Gasteiger charge is -1.99. The number of aromatic amines is 1. The minimum absolute atomic E-state index is 0.668. The van der Waals surface area contributed by atoms with Gasteiger partial charge in [0, 0.05) is 29.4 Å². The van der Waals surface area contributed by atoms with E-state index in [1.165, 1.54) is 11.3 Å².